The van der Waals surface area contributed by atoms with Gasteiger partial charge in [0.2, 0.25) is 0 Å². The van der Waals surface area contributed by atoms with Gasteiger partial charge in [0.1, 0.15) is 0 Å². The van der Waals surface area contributed by atoms with Crippen LogP contribution in [0.5, 0.6) is 0 Å². The minimum absolute atomic E-state index is 0.0514. The van der Waals surface area contributed by atoms with Crippen LogP contribution < -0.4 is 5.32 Å². The van der Waals surface area contributed by atoms with E-state index in [-0.39, 0.29) is 11.6 Å². The van der Waals surface area contributed by atoms with Crippen LogP contribution in [0.15, 0.2) is 24.3 Å². The van der Waals surface area contributed by atoms with Gasteiger partial charge in [-0.15, -0.1) is 0 Å². The zero-order valence-electron chi connectivity index (χ0n) is 14.7. The van der Waals surface area contributed by atoms with Crippen LogP contribution in [-0.4, -0.2) is 72.8 Å². The summed E-state index contributed by atoms with van der Waals surface area (Å²) in [5.41, 5.74) is 1.02. The topological polar surface area (TPSA) is 44.8 Å². The van der Waals surface area contributed by atoms with Gasteiger partial charge in [0.15, 0.2) is 0 Å². The third-order valence-corrected chi connectivity index (χ3v) is 6.65. The number of morpholine rings is 1. The molecule has 0 aromatic heterocycles. The molecule has 0 aliphatic carbocycles. The second kappa shape index (κ2) is 8.62. The average Bonchev–Trinajstić information content (AvgIpc) is 3.12. The molecule has 0 bridgehead atoms. The van der Waals surface area contributed by atoms with Crippen LogP contribution >= 0.6 is 23.4 Å². The number of rotatable bonds is 5. The second-order valence-electron chi connectivity index (χ2n) is 6.73. The minimum Gasteiger partial charge on any atom is -0.379 e. The molecule has 1 aromatic rings. The number of ether oxygens (including phenoxy) is 1. The Hall–Kier alpha value is -0.950. The Labute approximate surface area is 159 Å². The summed E-state index contributed by atoms with van der Waals surface area (Å²) < 4.78 is 5.49. The largest absolute Gasteiger partial charge is 0.379 e. The standard InChI is InChI=1S/C18H26ClN3O2S/c1-21(12-15-4-2-3-5-16(15)19)17(23)20-13-18(6-11-25-14-18)22-7-9-24-10-8-22/h2-5H,6-14H2,1H3,(H,20,23)/t18-/m0/s1. The fraction of sp³-hybridized carbons (Fsp3) is 0.611. The lowest BCUT2D eigenvalue weighted by Gasteiger charge is -2.43. The van der Waals surface area contributed by atoms with Gasteiger partial charge in [-0.3, -0.25) is 4.90 Å². The lowest BCUT2D eigenvalue weighted by atomic mass is 9.95. The average molecular weight is 384 g/mol. The number of hydrogen-bond donors (Lipinski definition) is 1. The van der Waals surface area contributed by atoms with Crippen molar-refractivity contribution < 1.29 is 9.53 Å². The molecule has 1 N–H and O–H groups in total. The molecule has 0 radical (unpaired) electrons. The summed E-state index contributed by atoms with van der Waals surface area (Å²) in [5, 5.41) is 3.84. The Kier molecular flexibility index (Phi) is 6.49. The number of carbonyl (C=O) groups is 1. The Balaban J connectivity index is 1.57. The highest BCUT2D eigenvalue weighted by atomic mass is 35.5. The molecule has 1 atom stereocenters. The van der Waals surface area contributed by atoms with Gasteiger partial charge < -0.3 is 15.0 Å². The van der Waals surface area contributed by atoms with E-state index >= 15 is 0 Å². The van der Waals surface area contributed by atoms with Gasteiger partial charge in [0, 0.05) is 49.5 Å². The molecule has 5 nitrogen and oxygen atoms in total. The first-order valence-electron chi connectivity index (χ1n) is 8.74. The van der Waals surface area contributed by atoms with Gasteiger partial charge in [0.25, 0.3) is 0 Å². The molecule has 7 heteroatoms. The van der Waals surface area contributed by atoms with Crippen molar-refractivity contribution in [2.24, 2.45) is 0 Å². The maximum absolute atomic E-state index is 12.6. The molecular weight excluding hydrogens is 358 g/mol. The Morgan fingerprint density at radius 2 is 2.16 bits per heavy atom. The summed E-state index contributed by atoms with van der Waals surface area (Å²) in [5.74, 6) is 2.23. The molecule has 0 saturated carbocycles. The SMILES string of the molecule is CN(Cc1ccccc1Cl)C(=O)NC[C@@]1(N2CCOCC2)CCSC1. The Bertz CT molecular complexity index is 589. The molecule has 2 aliphatic rings. The van der Waals surface area contributed by atoms with Crippen LogP contribution in [-0.2, 0) is 11.3 Å². The van der Waals surface area contributed by atoms with E-state index in [1.165, 1.54) is 0 Å². The fourth-order valence-corrected chi connectivity index (χ4v) is 5.14. The molecule has 2 saturated heterocycles. The highest BCUT2D eigenvalue weighted by Gasteiger charge is 2.41. The van der Waals surface area contributed by atoms with E-state index in [9.17, 15) is 4.79 Å². The van der Waals surface area contributed by atoms with Gasteiger partial charge in [0.05, 0.1) is 13.2 Å². The smallest absolute Gasteiger partial charge is 0.317 e. The lowest BCUT2D eigenvalue weighted by molar-refractivity contribution is -0.0127. The van der Waals surface area contributed by atoms with Crippen molar-refractivity contribution in [3.05, 3.63) is 34.9 Å². The summed E-state index contributed by atoms with van der Waals surface area (Å²) in [4.78, 5) is 16.8. The molecule has 2 amide bonds. The van der Waals surface area contributed by atoms with Gasteiger partial charge >= 0.3 is 6.03 Å². The lowest BCUT2D eigenvalue weighted by Crippen LogP contribution is -2.59. The molecule has 1 aromatic carbocycles. The number of halogens is 1. The first kappa shape index (κ1) is 18.8. The number of nitrogens with one attached hydrogen (secondary N) is 1. The number of amides is 2. The van der Waals surface area contributed by atoms with Crippen LogP contribution in [0, 0.1) is 0 Å². The first-order chi connectivity index (χ1) is 12.1. The molecule has 2 aliphatic heterocycles. The van der Waals surface area contributed by atoms with Crippen molar-refractivity contribution in [1.29, 1.82) is 0 Å². The van der Waals surface area contributed by atoms with Crippen LogP contribution in [0.1, 0.15) is 12.0 Å². The maximum Gasteiger partial charge on any atom is 0.317 e. The third kappa shape index (κ3) is 4.61. The predicted molar refractivity (Wildman–Crippen MR) is 103 cm³/mol. The summed E-state index contributed by atoms with van der Waals surface area (Å²) in [7, 11) is 1.81. The highest BCUT2D eigenvalue weighted by Crippen LogP contribution is 2.33. The van der Waals surface area contributed by atoms with Gasteiger partial charge in [-0.1, -0.05) is 29.8 Å². The Morgan fingerprint density at radius 3 is 2.84 bits per heavy atom. The minimum atomic E-state index is -0.0514. The summed E-state index contributed by atoms with van der Waals surface area (Å²) in [6.45, 7) is 4.66. The van der Waals surface area contributed by atoms with E-state index in [0.717, 1.165) is 49.8 Å². The van der Waals surface area contributed by atoms with E-state index in [4.69, 9.17) is 16.3 Å². The number of urea groups is 1. The molecule has 25 heavy (non-hydrogen) atoms. The summed E-state index contributed by atoms with van der Waals surface area (Å²) in [6.07, 6.45) is 1.12. The van der Waals surface area contributed by atoms with Gasteiger partial charge in [-0.05, 0) is 23.8 Å². The van der Waals surface area contributed by atoms with E-state index in [1.807, 2.05) is 43.1 Å². The van der Waals surface area contributed by atoms with E-state index in [2.05, 4.69) is 10.2 Å². The van der Waals surface area contributed by atoms with Crippen molar-refractivity contribution in [2.45, 2.75) is 18.5 Å². The van der Waals surface area contributed by atoms with Gasteiger partial charge in [-0.25, -0.2) is 4.79 Å². The van der Waals surface area contributed by atoms with Crippen molar-refractivity contribution in [1.82, 2.24) is 15.1 Å². The number of benzene rings is 1. The van der Waals surface area contributed by atoms with Crippen LogP contribution in [0.3, 0.4) is 0 Å². The van der Waals surface area contributed by atoms with E-state index in [1.54, 1.807) is 4.90 Å². The van der Waals surface area contributed by atoms with Crippen LogP contribution in [0.25, 0.3) is 0 Å². The second-order valence-corrected chi connectivity index (χ2v) is 8.24. The third-order valence-electron chi connectivity index (χ3n) is 5.05. The molecule has 0 spiro atoms. The molecule has 0 unspecified atom stereocenters. The monoisotopic (exact) mass is 383 g/mol. The normalized spacial score (nSPS) is 24.2. The number of nitrogens with zero attached hydrogens (tertiary/aromatic N) is 2. The fourth-order valence-electron chi connectivity index (χ4n) is 3.46. The van der Waals surface area contributed by atoms with Crippen molar-refractivity contribution in [2.75, 3.05) is 51.4 Å². The first-order valence-corrected chi connectivity index (χ1v) is 10.3. The van der Waals surface area contributed by atoms with Crippen LogP contribution in [0.2, 0.25) is 5.02 Å². The summed E-state index contributed by atoms with van der Waals surface area (Å²) >= 11 is 8.17. The van der Waals surface area contributed by atoms with E-state index in [0.29, 0.717) is 18.1 Å². The molecule has 2 fully saturated rings. The molecule has 138 valence electrons. The number of carbonyl (C=O) groups excluding carboxylic acids is 1. The van der Waals surface area contributed by atoms with Crippen molar-refractivity contribution in [3.8, 4) is 0 Å². The molecule has 2 heterocycles. The van der Waals surface area contributed by atoms with Crippen molar-refractivity contribution >= 4 is 29.4 Å². The zero-order valence-corrected chi connectivity index (χ0v) is 16.2. The Morgan fingerprint density at radius 1 is 1.40 bits per heavy atom. The molecule has 3 rings (SSSR count). The number of thioether (sulfide) groups is 1. The van der Waals surface area contributed by atoms with Crippen LogP contribution in [0.4, 0.5) is 4.79 Å². The quantitative estimate of drug-likeness (QED) is 0.849. The summed E-state index contributed by atoms with van der Waals surface area (Å²) in [6, 6.07) is 7.59. The maximum atomic E-state index is 12.6. The molecular formula is C18H26ClN3O2S. The van der Waals surface area contributed by atoms with Crippen molar-refractivity contribution in [3.63, 3.8) is 0 Å². The van der Waals surface area contributed by atoms with Gasteiger partial charge in [-0.2, -0.15) is 11.8 Å². The highest BCUT2D eigenvalue weighted by molar-refractivity contribution is 7.99. The number of hydrogen-bond acceptors (Lipinski definition) is 4. The predicted octanol–water partition coefficient (Wildman–Crippen LogP) is 2.69. The van der Waals surface area contributed by atoms with E-state index < -0.39 is 0 Å². The zero-order chi connectivity index (χ0) is 17.7.